The number of rotatable bonds is 2. The average Bonchev–Trinajstić information content (AvgIpc) is 2.26. The van der Waals surface area contributed by atoms with E-state index in [0.29, 0.717) is 6.07 Å². The third kappa shape index (κ3) is 3.49. The Hall–Kier alpha value is -1.98. The molecule has 1 heterocycles. The van der Waals surface area contributed by atoms with Crippen LogP contribution in [0.2, 0.25) is 0 Å². The van der Waals surface area contributed by atoms with E-state index in [1.807, 2.05) is 0 Å². The van der Waals surface area contributed by atoms with Gasteiger partial charge in [-0.3, -0.25) is 4.98 Å². The summed E-state index contributed by atoms with van der Waals surface area (Å²) in [6, 6.07) is 4.44. The molecule has 6 heteroatoms. The molecule has 0 unspecified atom stereocenters. The molecule has 0 bridgehead atoms. The summed E-state index contributed by atoms with van der Waals surface area (Å²) in [6.45, 7) is 0. The second-order valence-corrected chi connectivity index (χ2v) is 3.99. The molecule has 0 saturated carbocycles. The Morgan fingerprint density at radius 2 is 1.68 bits per heavy atom. The van der Waals surface area contributed by atoms with Crippen LogP contribution >= 0.6 is 0 Å². The van der Waals surface area contributed by atoms with Crippen LogP contribution < -0.4 is 0 Å². The van der Waals surface area contributed by atoms with E-state index >= 15 is 0 Å². The molecule has 19 heavy (non-hydrogen) atoms. The minimum absolute atomic E-state index is 0.0708. The molecule has 0 radical (unpaired) electrons. The molecular weight excluding hydrogens is 265 g/mol. The van der Waals surface area contributed by atoms with E-state index in [2.05, 4.69) is 4.98 Å². The summed E-state index contributed by atoms with van der Waals surface area (Å²) >= 11 is 0. The van der Waals surface area contributed by atoms with Gasteiger partial charge >= 0.3 is 6.18 Å². The molecule has 0 aliphatic heterocycles. The number of aromatic nitrogens is 1. The number of nitrogens with zero attached hydrogens (tertiary/aromatic N) is 1. The Bertz CT molecular complexity index is 592. The van der Waals surface area contributed by atoms with Gasteiger partial charge in [0.25, 0.3) is 0 Å². The van der Waals surface area contributed by atoms with E-state index in [4.69, 9.17) is 0 Å². The highest BCUT2D eigenvalue weighted by molar-refractivity contribution is 5.29. The maximum atomic E-state index is 13.1. The van der Waals surface area contributed by atoms with Crippen molar-refractivity contribution in [2.24, 2.45) is 0 Å². The SMILES string of the molecule is Fc1cc(Cc2cc(F)ccn2)cc(C(F)(F)F)c1. The number of halogens is 5. The lowest BCUT2D eigenvalue weighted by Gasteiger charge is -2.09. The molecule has 0 saturated heterocycles. The predicted octanol–water partition coefficient (Wildman–Crippen LogP) is 3.97. The van der Waals surface area contributed by atoms with Crippen LogP contribution in [0.5, 0.6) is 0 Å². The third-order valence-corrected chi connectivity index (χ3v) is 2.45. The van der Waals surface area contributed by atoms with Crippen LogP contribution in [0.15, 0.2) is 36.5 Å². The number of hydrogen-bond donors (Lipinski definition) is 0. The van der Waals surface area contributed by atoms with E-state index in [0.717, 1.165) is 24.3 Å². The van der Waals surface area contributed by atoms with E-state index in [-0.39, 0.29) is 17.7 Å². The zero-order valence-electron chi connectivity index (χ0n) is 9.51. The maximum Gasteiger partial charge on any atom is 0.416 e. The summed E-state index contributed by atoms with van der Waals surface area (Å²) in [4.78, 5) is 3.81. The fourth-order valence-corrected chi connectivity index (χ4v) is 1.67. The molecule has 0 fully saturated rings. The van der Waals surface area contributed by atoms with Crippen LogP contribution in [0.1, 0.15) is 16.8 Å². The Labute approximate surface area is 105 Å². The molecule has 1 aromatic carbocycles. The number of pyridine rings is 1. The highest BCUT2D eigenvalue weighted by atomic mass is 19.4. The first kappa shape index (κ1) is 13.5. The second-order valence-electron chi connectivity index (χ2n) is 3.99. The number of benzene rings is 1. The minimum atomic E-state index is -4.62. The monoisotopic (exact) mass is 273 g/mol. The van der Waals surface area contributed by atoms with Crippen molar-refractivity contribution in [3.8, 4) is 0 Å². The van der Waals surface area contributed by atoms with Gasteiger partial charge in [0, 0.05) is 18.3 Å². The quantitative estimate of drug-likeness (QED) is 0.754. The zero-order chi connectivity index (χ0) is 14.0. The molecule has 100 valence electrons. The first-order chi connectivity index (χ1) is 8.84. The standard InChI is InChI=1S/C13H8F5N/c14-10-1-2-19-12(7-10)5-8-3-9(13(16,17)18)6-11(15)4-8/h1-4,6-7H,5H2. The lowest BCUT2D eigenvalue weighted by Crippen LogP contribution is -2.06. The Kier molecular flexibility index (Phi) is 3.50. The summed E-state index contributed by atoms with van der Waals surface area (Å²) in [7, 11) is 0. The smallest absolute Gasteiger partial charge is 0.261 e. The Morgan fingerprint density at radius 3 is 2.32 bits per heavy atom. The van der Waals surface area contributed by atoms with Crippen molar-refractivity contribution in [1.29, 1.82) is 0 Å². The minimum Gasteiger partial charge on any atom is -0.261 e. The van der Waals surface area contributed by atoms with Gasteiger partial charge < -0.3 is 0 Å². The molecule has 2 aromatic rings. The van der Waals surface area contributed by atoms with Crippen molar-refractivity contribution in [2.45, 2.75) is 12.6 Å². The van der Waals surface area contributed by atoms with Crippen molar-refractivity contribution in [2.75, 3.05) is 0 Å². The van der Waals surface area contributed by atoms with Crippen LogP contribution in [0.25, 0.3) is 0 Å². The lowest BCUT2D eigenvalue weighted by molar-refractivity contribution is -0.137. The fraction of sp³-hybridized carbons (Fsp3) is 0.154. The molecule has 0 N–H and O–H groups in total. The number of hydrogen-bond acceptors (Lipinski definition) is 1. The van der Waals surface area contributed by atoms with Crippen LogP contribution in [0.3, 0.4) is 0 Å². The van der Waals surface area contributed by atoms with Gasteiger partial charge in [-0.25, -0.2) is 8.78 Å². The van der Waals surface area contributed by atoms with Gasteiger partial charge in [0.2, 0.25) is 0 Å². The van der Waals surface area contributed by atoms with Crippen molar-refractivity contribution >= 4 is 0 Å². The topological polar surface area (TPSA) is 12.9 Å². The molecule has 0 aliphatic carbocycles. The summed E-state index contributed by atoms with van der Waals surface area (Å²) in [5.74, 6) is -1.53. The molecule has 0 amide bonds. The number of alkyl halides is 3. The largest absolute Gasteiger partial charge is 0.416 e. The van der Waals surface area contributed by atoms with E-state index in [9.17, 15) is 22.0 Å². The predicted molar refractivity (Wildman–Crippen MR) is 58.4 cm³/mol. The van der Waals surface area contributed by atoms with Gasteiger partial charge in [0.1, 0.15) is 11.6 Å². The van der Waals surface area contributed by atoms with Crippen LogP contribution in [-0.2, 0) is 12.6 Å². The van der Waals surface area contributed by atoms with Gasteiger partial charge in [-0.15, -0.1) is 0 Å². The molecule has 0 aliphatic rings. The summed E-state index contributed by atoms with van der Waals surface area (Å²) in [6.07, 6.45) is -3.49. The molecule has 0 spiro atoms. The van der Waals surface area contributed by atoms with Gasteiger partial charge in [-0.2, -0.15) is 13.2 Å². The van der Waals surface area contributed by atoms with E-state index in [1.165, 1.54) is 6.20 Å². The van der Waals surface area contributed by atoms with Gasteiger partial charge in [0.05, 0.1) is 5.56 Å². The van der Waals surface area contributed by atoms with Crippen molar-refractivity contribution in [3.63, 3.8) is 0 Å². The second kappa shape index (κ2) is 4.95. The van der Waals surface area contributed by atoms with Crippen LogP contribution in [0.4, 0.5) is 22.0 Å². The maximum absolute atomic E-state index is 13.1. The summed E-state index contributed by atoms with van der Waals surface area (Å²) < 4.78 is 63.6. The Morgan fingerprint density at radius 1 is 0.947 bits per heavy atom. The fourth-order valence-electron chi connectivity index (χ4n) is 1.67. The molecule has 1 nitrogen and oxygen atoms in total. The van der Waals surface area contributed by atoms with E-state index < -0.39 is 23.4 Å². The summed E-state index contributed by atoms with van der Waals surface area (Å²) in [5.41, 5.74) is -0.747. The Balaban J connectivity index is 2.33. The van der Waals surface area contributed by atoms with Crippen molar-refractivity contribution in [3.05, 3.63) is 65.0 Å². The molecular formula is C13H8F5N. The van der Waals surface area contributed by atoms with Crippen molar-refractivity contribution in [1.82, 2.24) is 4.98 Å². The zero-order valence-corrected chi connectivity index (χ0v) is 9.51. The summed E-state index contributed by atoms with van der Waals surface area (Å²) in [5, 5.41) is 0. The highest BCUT2D eigenvalue weighted by Gasteiger charge is 2.31. The van der Waals surface area contributed by atoms with E-state index in [1.54, 1.807) is 0 Å². The first-order valence-corrected chi connectivity index (χ1v) is 5.32. The van der Waals surface area contributed by atoms with Gasteiger partial charge in [-0.1, -0.05) is 0 Å². The van der Waals surface area contributed by atoms with Crippen LogP contribution in [-0.4, -0.2) is 4.98 Å². The highest BCUT2D eigenvalue weighted by Crippen LogP contribution is 2.30. The van der Waals surface area contributed by atoms with Gasteiger partial charge in [0.15, 0.2) is 0 Å². The third-order valence-electron chi connectivity index (χ3n) is 2.45. The molecule has 0 atom stereocenters. The lowest BCUT2D eigenvalue weighted by atomic mass is 10.1. The van der Waals surface area contributed by atoms with Gasteiger partial charge in [-0.05, 0) is 35.9 Å². The molecule has 2 rings (SSSR count). The average molecular weight is 273 g/mol. The molecule has 1 aromatic heterocycles. The first-order valence-electron chi connectivity index (χ1n) is 5.32. The van der Waals surface area contributed by atoms with Crippen molar-refractivity contribution < 1.29 is 22.0 Å². The van der Waals surface area contributed by atoms with Crippen LogP contribution in [0, 0.1) is 11.6 Å². The normalized spacial score (nSPS) is 11.6.